The van der Waals surface area contributed by atoms with Crippen molar-refractivity contribution in [2.24, 2.45) is 0 Å². The van der Waals surface area contributed by atoms with E-state index in [1.54, 1.807) is 24.3 Å². The molecule has 17 heavy (non-hydrogen) atoms. The second-order valence-corrected chi connectivity index (χ2v) is 4.13. The zero-order valence-corrected chi connectivity index (χ0v) is 9.73. The van der Waals surface area contributed by atoms with Gasteiger partial charge in [-0.15, -0.1) is 0 Å². The summed E-state index contributed by atoms with van der Waals surface area (Å²) in [7, 11) is 0. The van der Waals surface area contributed by atoms with Crippen LogP contribution < -0.4 is 0 Å². The maximum atomic E-state index is 9.86. The van der Waals surface area contributed by atoms with Crippen LogP contribution in [0.4, 0.5) is 0 Å². The molecule has 0 radical (unpaired) electrons. The van der Waals surface area contributed by atoms with Crippen LogP contribution in [0.25, 0.3) is 11.1 Å². The molecule has 2 aromatic rings. The summed E-state index contributed by atoms with van der Waals surface area (Å²) in [6.07, 6.45) is 0. The Bertz CT molecular complexity index is 551. The number of aryl methyl sites for hydroxylation is 2. The molecule has 0 aliphatic carbocycles. The zero-order chi connectivity index (χ0) is 12.6. The molecule has 0 aromatic heterocycles. The Morgan fingerprint density at radius 1 is 0.882 bits per heavy atom. The quantitative estimate of drug-likeness (QED) is 0.660. The molecule has 0 fully saturated rings. The fraction of sp³-hybridized carbons (Fsp3) is 0.143. The lowest BCUT2D eigenvalue weighted by atomic mass is 9.94. The van der Waals surface area contributed by atoms with Gasteiger partial charge in [-0.05, 0) is 48.7 Å². The summed E-state index contributed by atoms with van der Waals surface area (Å²) in [4.78, 5) is 0. The van der Waals surface area contributed by atoms with Gasteiger partial charge in [0, 0.05) is 5.56 Å². The molecule has 3 nitrogen and oxygen atoms in total. The summed E-state index contributed by atoms with van der Waals surface area (Å²) in [6.45, 7) is 3.71. The van der Waals surface area contributed by atoms with Gasteiger partial charge in [-0.25, -0.2) is 0 Å². The summed E-state index contributed by atoms with van der Waals surface area (Å²) in [5.74, 6) is -0.0813. The number of hydrogen-bond acceptors (Lipinski definition) is 3. The smallest absolute Gasteiger partial charge is 0.165 e. The first kappa shape index (κ1) is 11.3. The highest BCUT2D eigenvalue weighted by atomic mass is 16.3. The molecule has 0 amide bonds. The van der Waals surface area contributed by atoms with Crippen molar-refractivity contribution in [3.63, 3.8) is 0 Å². The fourth-order valence-electron chi connectivity index (χ4n) is 2.10. The van der Waals surface area contributed by atoms with Crippen LogP contribution in [-0.2, 0) is 0 Å². The summed E-state index contributed by atoms with van der Waals surface area (Å²) in [5, 5.41) is 28.8. The molecule has 0 aliphatic heterocycles. The Labute approximate surface area is 99.6 Å². The molecule has 0 heterocycles. The number of aromatic hydroxyl groups is 3. The van der Waals surface area contributed by atoms with E-state index in [9.17, 15) is 15.3 Å². The molecule has 0 saturated carbocycles. The SMILES string of the molecule is Cc1cc(O)cc(C)c1-c1cccc(O)c1O. The molecule has 2 rings (SSSR count). The van der Waals surface area contributed by atoms with Crippen LogP contribution in [0.2, 0.25) is 0 Å². The Morgan fingerprint density at radius 3 is 2.06 bits per heavy atom. The largest absolute Gasteiger partial charge is 0.508 e. The van der Waals surface area contributed by atoms with Crippen molar-refractivity contribution < 1.29 is 15.3 Å². The van der Waals surface area contributed by atoms with Crippen LogP contribution in [0, 0.1) is 13.8 Å². The van der Waals surface area contributed by atoms with Gasteiger partial charge in [-0.1, -0.05) is 12.1 Å². The summed E-state index contributed by atoms with van der Waals surface area (Å²) >= 11 is 0. The van der Waals surface area contributed by atoms with Gasteiger partial charge in [0.2, 0.25) is 0 Å². The molecule has 0 atom stereocenters. The lowest BCUT2D eigenvalue weighted by Crippen LogP contribution is -1.89. The highest BCUT2D eigenvalue weighted by Gasteiger charge is 2.13. The molecule has 0 unspecified atom stereocenters. The maximum Gasteiger partial charge on any atom is 0.165 e. The second-order valence-electron chi connectivity index (χ2n) is 4.13. The molecular formula is C14H14O3. The molecule has 2 aromatic carbocycles. The molecule has 0 saturated heterocycles. The Balaban J connectivity index is 2.73. The van der Waals surface area contributed by atoms with E-state index in [-0.39, 0.29) is 17.2 Å². The first-order valence-corrected chi connectivity index (χ1v) is 5.32. The van der Waals surface area contributed by atoms with Crippen LogP contribution in [-0.4, -0.2) is 15.3 Å². The van der Waals surface area contributed by atoms with E-state index in [0.29, 0.717) is 5.56 Å². The van der Waals surface area contributed by atoms with Crippen molar-refractivity contribution in [1.82, 2.24) is 0 Å². The van der Waals surface area contributed by atoms with E-state index in [1.807, 2.05) is 13.8 Å². The first-order valence-electron chi connectivity index (χ1n) is 5.32. The van der Waals surface area contributed by atoms with Crippen LogP contribution in [0.3, 0.4) is 0 Å². The topological polar surface area (TPSA) is 60.7 Å². The number of rotatable bonds is 1. The van der Waals surface area contributed by atoms with Crippen molar-refractivity contribution in [3.05, 3.63) is 41.5 Å². The van der Waals surface area contributed by atoms with E-state index >= 15 is 0 Å². The minimum absolute atomic E-state index is 0.135. The number of phenols is 3. The number of benzene rings is 2. The van der Waals surface area contributed by atoms with Gasteiger partial charge >= 0.3 is 0 Å². The predicted molar refractivity (Wildman–Crippen MR) is 66.3 cm³/mol. The van der Waals surface area contributed by atoms with Gasteiger partial charge in [0.15, 0.2) is 11.5 Å². The standard InChI is InChI=1S/C14H14O3/c1-8-6-10(15)7-9(2)13(8)11-4-3-5-12(16)14(11)17/h3-7,15-17H,1-2H3. The third-order valence-corrected chi connectivity index (χ3v) is 2.80. The van der Waals surface area contributed by atoms with E-state index < -0.39 is 0 Å². The highest BCUT2D eigenvalue weighted by Crippen LogP contribution is 2.40. The minimum atomic E-state index is -0.144. The average Bonchev–Trinajstić information content (AvgIpc) is 2.23. The van der Waals surface area contributed by atoms with E-state index in [0.717, 1.165) is 16.7 Å². The fourth-order valence-corrected chi connectivity index (χ4v) is 2.10. The van der Waals surface area contributed by atoms with Gasteiger partial charge < -0.3 is 15.3 Å². The molecule has 88 valence electrons. The maximum absolute atomic E-state index is 9.86. The van der Waals surface area contributed by atoms with Crippen LogP contribution >= 0.6 is 0 Å². The van der Waals surface area contributed by atoms with Gasteiger partial charge in [0.25, 0.3) is 0 Å². The molecule has 0 bridgehead atoms. The Hall–Kier alpha value is -2.16. The minimum Gasteiger partial charge on any atom is -0.508 e. The van der Waals surface area contributed by atoms with E-state index in [2.05, 4.69) is 0 Å². The third-order valence-electron chi connectivity index (χ3n) is 2.80. The van der Waals surface area contributed by atoms with E-state index in [4.69, 9.17) is 0 Å². The molecule has 0 spiro atoms. The van der Waals surface area contributed by atoms with Crippen molar-refractivity contribution in [2.75, 3.05) is 0 Å². The molecule has 3 N–H and O–H groups in total. The van der Waals surface area contributed by atoms with Gasteiger partial charge in [-0.2, -0.15) is 0 Å². The summed E-state index contributed by atoms with van der Waals surface area (Å²) in [6, 6.07) is 8.11. The lowest BCUT2D eigenvalue weighted by Gasteiger charge is -2.13. The monoisotopic (exact) mass is 230 g/mol. The van der Waals surface area contributed by atoms with E-state index in [1.165, 1.54) is 6.07 Å². The number of hydrogen-bond donors (Lipinski definition) is 3. The van der Waals surface area contributed by atoms with Crippen molar-refractivity contribution in [3.8, 4) is 28.4 Å². The Kier molecular flexibility index (Phi) is 2.68. The molecule has 3 heteroatoms. The lowest BCUT2D eigenvalue weighted by molar-refractivity contribution is 0.405. The normalized spacial score (nSPS) is 10.5. The van der Waals surface area contributed by atoms with Gasteiger partial charge in [0.1, 0.15) is 5.75 Å². The second kappa shape index (κ2) is 4.01. The van der Waals surface area contributed by atoms with Gasteiger partial charge in [0.05, 0.1) is 0 Å². The van der Waals surface area contributed by atoms with Gasteiger partial charge in [-0.3, -0.25) is 0 Å². The van der Waals surface area contributed by atoms with Crippen LogP contribution in [0.15, 0.2) is 30.3 Å². The van der Waals surface area contributed by atoms with Crippen LogP contribution in [0.1, 0.15) is 11.1 Å². The third kappa shape index (κ3) is 1.91. The van der Waals surface area contributed by atoms with Crippen molar-refractivity contribution in [1.29, 1.82) is 0 Å². The summed E-state index contributed by atoms with van der Waals surface area (Å²) in [5.41, 5.74) is 3.10. The zero-order valence-electron chi connectivity index (χ0n) is 9.73. The van der Waals surface area contributed by atoms with Crippen molar-refractivity contribution >= 4 is 0 Å². The van der Waals surface area contributed by atoms with Crippen LogP contribution in [0.5, 0.6) is 17.2 Å². The summed E-state index contributed by atoms with van der Waals surface area (Å²) < 4.78 is 0. The number of para-hydroxylation sites is 1. The number of phenolic OH excluding ortho intramolecular Hbond substituents is 3. The van der Waals surface area contributed by atoms with Crippen molar-refractivity contribution in [2.45, 2.75) is 13.8 Å². The highest BCUT2D eigenvalue weighted by molar-refractivity contribution is 5.78. The predicted octanol–water partition coefficient (Wildman–Crippen LogP) is 3.09. The first-order chi connectivity index (χ1) is 8.00. The average molecular weight is 230 g/mol. The molecule has 0 aliphatic rings. The molecular weight excluding hydrogens is 216 g/mol. The Morgan fingerprint density at radius 2 is 1.47 bits per heavy atom.